The molecule has 0 fully saturated rings. The normalized spacial score (nSPS) is 9.71. The molecule has 0 aliphatic carbocycles. The van der Waals surface area contributed by atoms with Crippen molar-refractivity contribution in [3.05, 3.63) is 41.7 Å². The molecule has 4 nitrogen and oxygen atoms in total. The van der Waals surface area contributed by atoms with Gasteiger partial charge < -0.3 is 0 Å². The molecule has 0 atom stereocenters. The number of aryl methyl sites for hydroxylation is 1. The summed E-state index contributed by atoms with van der Waals surface area (Å²) in [6, 6.07) is 7.70. The summed E-state index contributed by atoms with van der Waals surface area (Å²) < 4.78 is 1.61. The predicted octanol–water partition coefficient (Wildman–Crippen LogP) is 1.45. The van der Waals surface area contributed by atoms with Gasteiger partial charge in [0.05, 0.1) is 23.6 Å². The first-order valence-corrected chi connectivity index (χ1v) is 4.19. The van der Waals surface area contributed by atoms with Crippen molar-refractivity contribution >= 4 is 0 Å². The molecule has 0 aliphatic rings. The topological polar surface area (TPSA) is 54.5 Å². The quantitative estimate of drug-likeness (QED) is 0.674. The van der Waals surface area contributed by atoms with E-state index in [4.69, 9.17) is 5.26 Å². The second kappa shape index (κ2) is 3.30. The predicted molar refractivity (Wildman–Crippen MR) is 50.8 cm³/mol. The van der Waals surface area contributed by atoms with Crippen LogP contribution in [0.5, 0.6) is 0 Å². The molecule has 4 heteroatoms. The minimum absolute atomic E-state index is 0.607. The highest BCUT2D eigenvalue weighted by Crippen LogP contribution is 2.16. The molecule has 0 aliphatic heterocycles. The van der Waals surface area contributed by atoms with Crippen LogP contribution in [0.2, 0.25) is 0 Å². The van der Waals surface area contributed by atoms with Crippen LogP contribution in [0.4, 0.5) is 0 Å². The molecule has 0 N–H and O–H groups in total. The van der Waals surface area contributed by atoms with Crippen molar-refractivity contribution in [1.29, 1.82) is 5.26 Å². The van der Waals surface area contributed by atoms with Gasteiger partial charge in [-0.3, -0.25) is 0 Å². The Morgan fingerprint density at radius 1 is 1.43 bits per heavy atom. The number of hydrogen-bond donors (Lipinski definition) is 0. The lowest BCUT2D eigenvalue weighted by Crippen LogP contribution is -2.01. The van der Waals surface area contributed by atoms with Gasteiger partial charge in [-0.1, -0.05) is 17.3 Å². The monoisotopic (exact) mass is 184 g/mol. The summed E-state index contributed by atoms with van der Waals surface area (Å²) in [6.45, 7) is 1.94. The maximum atomic E-state index is 8.93. The Labute approximate surface area is 81.4 Å². The molecule has 2 aromatic rings. The third kappa shape index (κ3) is 1.25. The van der Waals surface area contributed by atoms with Crippen LogP contribution in [0.1, 0.15) is 11.1 Å². The Hall–Kier alpha value is -2.15. The summed E-state index contributed by atoms with van der Waals surface area (Å²) in [5.74, 6) is 0. The fourth-order valence-corrected chi connectivity index (χ4v) is 1.38. The van der Waals surface area contributed by atoms with Gasteiger partial charge in [-0.2, -0.15) is 5.26 Å². The number of rotatable bonds is 1. The van der Waals surface area contributed by atoms with Crippen LogP contribution < -0.4 is 0 Å². The number of nitriles is 1. The summed E-state index contributed by atoms with van der Waals surface area (Å²) >= 11 is 0. The molecule has 0 unspecified atom stereocenters. The second-order valence-corrected chi connectivity index (χ2v) is 2.93. The van der Waals surface area contributed by atoms with Gasteiger partial charge in [0.1, 0.15) is 6.07 Å². The molecule has 0 saturated heterocycles. The summed E-state index contributed by atoms with van der Waals surface area (Å²) in [5, 5.41) is 16.5. The van der Waals surface area contributed by atoms with E-state index in [-0.39, 0.29) is 0 Å². The fraction of sp³-hybridized carbons (Fsp3) is 0.100. The van der Waals surface area contributed by atoms with Gasteiger partial charge in [-0.05, 0) is 18.6 Å². The van der Waals surface area contributed by atoms with E-state index in [9.17, 15) is 0 Å². The molecule has 0 amide bonds. The van der Waals surface area contributed by atoms with Gasteiger partial charge in [-0.25, -0.2) is 4.68 Å². The van der Waals surface area contributed by atoms with Gasteiger partial charge >= 0.3 is 0 Å². The SMILES string of the molecule is Cc1cccc(C#N)c1-n1ccnn1. The molecule has 2 rings (SSSR count). The van der Waals surface area contributed by atoms with Crippen molar-refractivity contribution in [3.8, 4) is 11.8 Å². The van der Waals surface area contributed by atoms with Crippen molar-refractivity contribution in [3.63, 3.8) is 0 Å². The second-order valence-electron chi connectivity index (χ2n) is 2.93. The van der Waals surface area contributed by atoms with Gasteiger partial charge in [0.15, 0.2) is 0 Å². The standard InChI is InChI=1S/C10H8N4/c1-8-3-2-4-9(7-11)10(8)14-6-5-12-13-14/h2-6H,1H3. The highest BCUT2D eigenvalue weighted by Gasteiger charge is 2.07. The Morgan fingerprint density at radius 2 is 2.29 bits per heavy atom. The maximum Gasteiger partial charge on any atom is 0.101 e. The van der Waals surface area contributed by atoms with Crippen LogP contribution >= 0.6 is 0 Å². The molecule has 14 heavy (non-hydrogen) atoms. The van der Waals surface area contributed by atoms with Gasteiger partial charge in [0.25, 0.3) is 0 Å². The molecular formula is C10H8N4. The molecule has 1 aromatic heterocycles. The Kier molecular flexibility index (Phi) is 1.99. The molecule has 0 radical (unpaired) electrons. The molecule has 0 bridgehead atoms. The minimum atomic E-state index is 0.607. The average molecular weight is 184 g/mol. The lowest BCUT2D eigenvalue weighted by molar-refractivity contribution is 0.796. The fourth-order valence-electron chi connectivity index (χ4n) is 1.38. The first-order valence-electron chi connectivity index (χ1n) is 4.19. The van der Waals surface area contributed by atoms with Gasteiger partial charge in [0.2, 0.25) is 0 Å². The maximum absolute atomic E-state index is 8.93. The van der Waals surface area contributed by atoms with E-state index in [2.05, 4.69) is 16.4 Å². The van der Waals surface area contributed by atoms with E-state index in [1.807, 2.05) is 19.1 Å². The van der Waals surface area contributed by atoms with E-state index in [0.717, 1.165) is 11.3 Å². The third-order valence-electron chi connectivity index (χ3n) is 2.01. The molecular weight excluding hydrogens is 176 g/mol. The first kappa shape index (κ1) is 8.45. The highest BCUT2D eigenvalue weighted by atomic mass is 15.4. The molecule has 68 valence electrons. The number of aromatic nitrogens is 3. The van der Waals surface area contributed by atoms with Crippen LogP contribution in [0.15, 0.2) is 30.6 Å². The minimum Gasteiger partial charge on any atom is -0.219 e. The zero-order valence-electron chi connectivity index (χ0n) is 7.68. The number of para-hydroxylation sites is 1. The summed E-state index contributed by atoms with van der Waals surface area (Å²) in [4.78, 5) is 0. The molecule has 1 heterocycles. The van der Waals surface area contributed by atoms with Crippen molar-refractivity contribution < 1.29 is 0 Å². The Bertz CT molecular complexity index is 479. The largest absolute Gasteiger partial charge is 0.219 e. The molecule has 0 saturated carbocycles. The molecule has 1 aromatic carbocycles. The van der Waals surface area contributed by atoms with Crippen molar-refractivity contribution in [2.24, 2.45) is 0 Å². The summed E-state index contributed by atoms with van der Waals surface area (Å²) in [5.41, 5.74) is 2.41. The van der Waals surface area contributed by atoms with E-state index in [1.165, 1.54) is 0 Å². The number of nitrogens with zero attached hydrogens (tertiary/aromatic N) is 4. The lowest BCUT2D eigenvalue weighted by atomic mass is 10.1. The van der Waals surface area contributed by atoms with Crippen LogP contribution in [-0.2, 0) is 0 Å². The summed E-state index contributed by atoms with van der Waals surface area (Å²) in [7, 11) is 0. The van der Waals surface area contributed by atoms with E-state index >= 15 is 0 Å². The van der Waals surface area contributed by atoms with E-state index < -0.39 is 0 Å². The number of benzene rings is 1. The zero-order chi connectivity index (χ0) is 9.97. The van der Waals surface area contributed by atoms with Crippen LogP contribution in [-0.4, -0.2) is 15.0 Å². The van der Waals surface area contributed by atoms with Crippen molar-refractivity contribution in [2.75, 3.05) is 0 Å². The highest BCUT2D eigenvalue weighted by molar-refractivity contribution is 5.52. The van der Waals surface area contributed by atoms with Crippen molar-refractivity contribution in [1.82, 2.24) is 15.0 Å². The summed E-state index contributed by atoms with van der Waals surface area (Å²) in [6.07, 6.45) is 3.32. The average Bonchev–Trinajstić information content (AvgIpc) is 2.70. The first-order chi connectivity index (χ1) is 6.83. The van der Waals surface area contributed by atoms with E-state index in [0.29, 0.717) is 5.56 Å². The van der Waals surface area contributed by atoms with Crippen LogP contribution in [0.3, 0.4) is 0 Å². The Morgan fingerprint density at radius 3 is 2.93 bits per heavy atom. The smallest absolute Gasteiger partial charge is 0.101 e. The van der Waals surface area contributed by atoms with Crippen LogP contribution in [0, 0.1) is 18.3 Å². The number of hydrogen-bond acceptors (Lipinski definition) is 3. The Balaban J connectivity index is 2.69. The van der Waals surface area contributed by atoms with Crippen molar-refractivity contribution in [2.45, 2.75) is 6.92 Å². The van der Waals surface area contributed by atoms with Gasteiger partial charge in [-0.15, -0.1) is 5.10 Å². The van der Waals surface area contributed by atoms with Gasteiger partial charge in [0, 0.05) is 0 Å². The van der Waals surface area contributed by atoms with Crippen LogP contribution in [0.25, 0.3) is 5.69 Å². The third-order valence-corrected chi connectivity index (χ3v) is 2.01. The lowest BCUT2D eigenvalue weighted by Gasteiger charge is -2.05. The van der Waals surface area contributed by atoms with E-state index in [1.54, 1.807) is 23.1 Å². The molecule has 0 spiro atoms. The zero-order valence-corrected chi connectivity index (χ0v) is 7.68.